The quantitative estimate of drug-likeness (QED) is 0.716. The van der Waals surface area contributed by atoms with E-state index >= 15 is 0 Å². The van der Waals surface area contributed by atoms with Crippen molar-refractivity contribution in [2.24, 2.45) is 0 Å². The summed E-state index contributed by atoms with van der Waals surface area (Å²) in [6.07, 6.45) is 7.84. The molecule has 0 aromatic carbocycles. The summed E-state index contributed by atoms with van der Waals surface area (Å²) in [5, 5.41) is 7.78. The number of aromatic nitrogens is 2. The van der Waals surface area contributed by atoms with Crippen LogP contribution in [0.5, 0.6) is 0 Å². The molecule has 1 atom stereocenters. The topological polar surface area (TPSA) is 37.8 Å². The number of nitrogens with one attached hydrogen (secondary N) is 1. The minimum absolute atomic E-state index is 0.0830. The van der Waals surface area contributed by atoms with Crippen LogP contribution in [0.4, 0.5) is 0 Å². The van der Waals surface area contributed by atoms with Crippen LogP contribution in [0.2, 0.25) is 0 Å². The first-order valence-corrected chi connectivity index (χ1v) is 8.28. The predicted octanol–water partition coefficient (Wildman–Crippen LogP) is 4.46. The number of unbranched alkanes of at least 4 members (excludes halogenated alkanes) is 4. The first-order valence-electron chi connectivity index (χ1n) is 7.50. The first-order chi connectivity index (χ1) is 9.00. The highest BCUT2D eigenvalue weighted by molar-refractivity contribution is 7.05. The standard InChI is InChI=1S/C15H29N3S/c1-6-7-8-9-10-11-12(16-5)13-14(15(2,3)4)17-18-19-13/h12,16H,6-11H2,1-5H3. The van der Waals surface area contributed by atoms with Crippen LogP contribution >= 0.6 is 11.5 Å². The van der Waals surface area contributed by atoms with Gasteiger partial charge in [-0.1, -0.05) is 64.3 Å². The van der Waals surface area contributed by atoms with Crippen molar-refractivity contribution in [1.82, 2.24) is 14.9 Å². The van der Waals surface area contributed by atoms with Gasteiger partial charge in [-0.05, 0) is 25.0 Å². The van der Waals surface area contributed by atoms with Gasteiger partial charge in [0.2, 0.25) is 0 Å². The van der Waals surface area contributed by atoms with Gasteiger partial charge in [-0.15, -0.1) is 5.10 Å². The summed E-state index contributed by atoms with van der Waals surface area (Å²) in [5.41, 5.74) is 1.24. The molecule has 0 bridgehead atoms. The third kappa shape index (κ3) is 5.19. The molecule has 0 aliphatic rings. The van der Waals surface area contributed by atoms with Crippen LogP contribution in [-0.4, -0.2) is 16.6 Å². The highest BCUT2D eigenvalue weighted by Gasteiger charge is 2.26. The van der Waals surface area contributed by atoms with Gasteiger partial charge in [0.1, 0.15) is 0 Å². The molecule has 19 heavy (non-hydrogen) atoms. The number of hydrogen-bond acceptors (Lipinski definition) is 4. The van der Waals surface area contributed by atoms with Gasteiger partial charge in [0, 0.05) is 11.5 Å². The molecule has 0 fully saturated rings. The average Bonchev–Trinajstić information content (AvgIpc) is 2.82. The summed E-state index contributed by atoms with van der Waals surface area (Å²) in [5.74, 6) is 0. The van der Waals surface area contributed by atoms with Crippen molar-refractivity contribution in [2.75, 3.05) is 7.05 Å². The molecule has 0 amide bonds. The number of hydrogen-bond donors (Lipinski definition) is 1. The number of nitrogens with zero attached hydrogens (tertiary/aromatic N) is 2. The Morgan fingerprint density at radius 1 is 1.16 bits per heavy atom. The summed E-state index contributed by atoms with van der Waals surface area (Å²) in [6.45, 7) is 8.89. The van der Waals surface area contributed by atoms with E-state index in [2.05, 4.69) is 42.6 Å². The first kappa shape index (κ1) is 16.6. The lowest BCUT2D eigenvalue weighted by atomic mass is 9.89. The molecule has 1 unspecified atom stereocenters. The summed E-state index contributed by atoms with van der Waals surface area (Å²) in [7, 11) is 2.04. The zero-order chi connectivity index (χ0) is 14.3. The van der Waals surface area contributed by atoms with Gasteiger partial charge in [-0.2, -0.15) is 0 Å². The second kappa shape index (κ2) is 7.95. The third-order valence-electron chi connectivity index (χ3n) is 3.49. The molecule has 3 nitrogen and oxygen atoms in total. The van der Waals surface area contributed by atoms with E-state index in [1.54, 1.807) is 11.5 Å². The highest BCUT2D eigenvalue weighted by Crippen LogP contribution is 2.32. The lowest BCUT2D eigenvalue weighted by Gasteiger charge is -2.21. The van der Waals surface area contributed by atoms with E-state index in [1.807, 2.05) is 7.05 Å². The Labute approximate surface area is 122 Å². The lowest BCUT2D eigenvalue weighted by molar-refractivity contribution is 0.486. The molecule has 1 N–H and O–H groups in total. The number of rotatable bonds is 8. The summed E-state index contributed by atoms with van der Waals surface area (Å²) in [6, 6.07) is 0.413. The third-order valence-corrected chi connectivity index (χ3v) is 4.32. The molecule has 1 rings (SSSR count). The van der Waals surface area contributed by atoms with Crippen LogP contribution in [0.3, 0.4) is 0 Å². The van der Waals surface area contributed by atoms with Gasteiger partial charge in [0.15, 0.2) is 0 Å². The van der Waals surface area contributed by atoms with E-state index in [4.69, 9.17) is 0 Å². The SMILES string of the molecule is CCCCCCCC(NC)c1snnc1C(C)(C)C. The summed E-state index contributed by atoms with van der Waals surface area (Å²) in [4.78, 5) is 1.32. The lowest BCUT2D eigenvalue weighted by Crippen LogP contribution is -2.21. The Balaban J connectivity index is 2.58. The molecule has 0 saturated carbocycles. The Morgan fingerprint density at radius 2 is 1.84 bits per heavy atom. The van der Waals surface area contributed by atoms with E-state index < -0.39 is 0 Å². The van der Waals surface area contributed by atoms with Crippen molar-refractivity contribution < 1.29 is 0 Å². The van der Waals surface area contributed by atoms with Crippen molar-refractivity contribution >= 4 is 11.5 Å². The van der Waals surface area contributed by atoms with Crippen molar-refractivity contribution in [3.05, 3.63) is 10.6 Å². The van der Waals surface area contributed by atoms with Crippen LogP contribution in [0.15, 0.2) is 0 Å². The van der Waals surface area contributed by atoms with Crippen molar-refractivity contribution in [3.8, 4) is 0 Å². The normalized spacial score (nSPS) is 13.7. The maximum absolute atomic E-state index is 4.34. The van der Waals surface area contributed by atoms with Crippen LogP contribution in [0.1, 0.15) is 82.8 Å². The molecule has 1 aromatic heterocycles. The van der Waals surface area contributed by atoms with Crippen molar-refractivity contribution in [1.29, 1.82) is 0 Å². The van der Waals surface area contributed by atoms with E-state index in [0.29, 0.717) is 6.04 Å². The molecule has 0 saturated heterocycles. The van der Waals surface area contributed by atoms with E-state index in [9.17, 15) is 0 Å². The molecule has 0 aliphatic heterocycles. The Kier molecular flexibility index (Phi) is 6.94. The van der Waals surface area contributed by atoms with Crippen LogP contribution in [-0.2, 0) is 5.41 Å². The van der Waals surface area contributed by atoms with Crippen LogP contribution in [0.25, 0.3) is 0 Å². The van der Waals surface area contributed by atoms with Gasteiger partial charge in [-0.25, -0.2) is 0 Å². The maximum Gasteiger partial charge on any atom is 0.0857 e. The molecule has 0 spiro atoms. The van der Waals surface area contributed by atoms with Crippen LogP contribution in [0, 0.1) is 0 Å². The van der Waals surface area contributed by atoms with Gasteiger partial charge in [0.25, 0.3) is 0 Å². The fourth-order valence-electron chi connectivity index (χ4n) is 2.30. The van der Waals surface area contributed by atoms with Gasteiger partial charge < -0.3 is 5.32 Å². The van der Waals surface area contributed by atoms with Gasteiger partial charge >= 0.3 is 0 Å². The molecule has 1 heterocycles. The average molecular weight is 283 g/mol. The summed E-state index contributed by atoms with van der Waals surface area (Å²) >= 11 is 1.55. The van der Waals surface area contributed by atoms with Crippen LogP contribution < -0.4 is 5.32 Å². The van der Waals surface area contributed by atoms with Gasteiger partial charge in [0.05, 0.1) is 10.6 Å². The molecular weight excluding hydrogens is 254 g/mol. The Morgan fingerprint density at radius 3 is 2.42 bits per heavy atom. The molecule has 4 heteroatoms. The zero-order valence-corrected chi connectivity index (χ0v) is 13.9. The second-order valence-corrected chi connectivity index (χ2v) is 7.07. The monoisotopic (exact) mass is 283 g/mol. The van der Waals surface area contributed by atoms with E-state index in [-0.39, 0.29) is 5.41 Å². The minimum atomic E-state index is 0.0830. The molecule has 0 aliphatic carbocycles. The minimum Gasteiger partial charge on any atom is -0.312 e. The smallest absolute Gasteiger partial charge is 0.0857 e. The Hall–Kier alpha value is -0.480. The largest absolute Gasteiger partial charge is 0.312 e. The maximum atomic E-state index is 4.34. The highest BCUT2D eigenvalue weighted by atomic mass is 32.1. The molecule has 0 radical (unpaired) electrons. The fourth-order valence-corrected chi connectivity index (χ4v) is 3.31. The molecular formula is C15H29N3S. The van der Waals surface area contributed by atoms with Crippen molar-refractivity contribution in [3.63, 3.8) is 0 Å². The zero-order valence-electron chi connectivity index (χ0n) is 13.1. The fraction of sp³-hybridized carbons (Fsp3) is 0.867. The summed E-state index contributed by atoms with van der Waals surface area (Å²) < 4.78 is 4.17. The van der Waals surface area contributed by atoms with E-state index in [0.717, 1.165) is 5.69 Å². The van der Waals surface area contributed by atoms with E-state index in [1.165, 1.54) is 43.4 Å². The van der Waals surface area contributed by atoms with Gasteiger partial charge in [-0.3, -0.25) is 0 Å². The molecule has 1 aromatic rings. The molecule has 110 valence electrons. The Bertz CT molecular complexity index is 355. The van der Waals surface area contributed by atoms with Crippen molar-refractivity contribution in [2.45, 2.75) is 77.7 Å². The predicted molar refractivity (Wildman–Crippen MR) is 83.8 cm³/mol. The second-order valence-electron chi connectivity index (χ2n) is 6.28.